The first-order valence-electron chi connectivity index (χ1n) is 7.43. The van der Waals surface area contributed by atoms with Gasteiger partial charge in [0.2, 0.25) is 6.41 Å². The van der Waals surface area contributed by atoms with Crippen LogP contribution in [0.1, 0.15) is 11.1 Å². The van der Waals surface area contributed by atoms with Crippen LogP contribution in [-0.2, 0) is 27.4 Å². The predicted octanol–water partition coefficient (Wildman–Crippen LogP) is 1.33. The summed E-state index contributed by atoms with van der Waals surface area (Å²) < 4.78 is 5.66. The molecule has 6 heteroatoms. The number of carbonyl (C=O) groups is 2. The fraction of sp³-hybridized carbons (Fsp3) is 0.222. The molecule has 2 rings (SSSR count). The molecule has 24 heavy (non-hydrogen) atoms. The van der Waals surface area contributed by atoms with Crippen molar-refractivity contribution in [2.24, 2.45) is 0 Å². The van der Waals surface area contributed by atoms with E-state index >= 15 is 0 Å². The topological polar surface area (TPSA) is 95.9 Å². The van der Waals surface area contributed by atoms with Gasteiger partial charge in [-0.25, -0.2) is 4.79 Å². The zero-order chi connectivity index (χ0) is 17.4. The van der Waals surface area contributed by atoms with Gasteiger partial charge in [-0.05, 0) is 11.1 Å². The number of ether oxygens (including phenoxy) is 1. The van der Waals surface area contributed by atoms with Crippen molar-refractivity contribution in [2.45, 2.75) is 24.9 Å². The van der Waals surface area contributed by atoms with Gasteiger partial charge in [-0.2, -0.15) is 0 Å². The van der Waals surface area contributed by atoms with Crippen molar-refractivity contribution in [3.05, 3.63) is 71.8 Å². The Balaban J connectivity index is 2.22. The normalized spacial score (nSPS) is 14.4. The molecule has 0 spiro atoms. The standard InChI is InChI=1S/C18H19NO5/c20-13-19-18(23,17(21)22)16(11-14-7-3-1-4-8-14)24-12-15-9-5-2-6-10-15/h1-10,13,16,23H,11-12H2,(H,19,20)(H,21,22). The Bertz CT molecular complexity index is 662. The van der Waals surface area contributed by atoms with Crippen LogP contribution in [-0.4, -0.2) is 34.4 Å². The van der Waals surface area contributed by atoms with Crippen LogP contribution in [0, 0.1) is 0 Å². The van der Waals surface area contributed by atoms with Crippen LogP contribution in [0.2, 0.25) is 0 Å². The molecular weight excluding hydrogens is 310 g/mol. The molecule has 0 fully saturated rings. The molecule has 0 saturated heterocycles. The number of rotatable bonds is 9. The van der Waals surface area contributed by atoms with Crippen LogP contribution in [0.25, 0.3) is 0 Å². The molecule has 0 heterocycles. The van der Waals surface area contributed by atoms with Crippen LogP contribution in [0.5, 0.6) is 0 Å². The Morgan fingerprint density at radius 2 is 1.62 bits per heavy atom. The number of nitrogens with one attached hydrogen (secondary N) is 1. The number of carbonyl (C=O) groups excluding carboxylic acids is 1. The maximum absolute atomic E-state index is 11.5. The molecule has 0 aromatic heterocycles. The highest BCUT2D eigenvalue weighted by Crippen LogP contribution is 2.19. The molecule has 2 atom stereocenters. The van der Waals surface area contributed by atoms with Gasteiger partial charge in [0.25, 0.3) is 5.72 Å². The quantitative estimate of drug-likeness (QED) is 0.476. The van der Waals surface area contributed by atoms with Gasteiger partial charge in [0.05, 0.1) is 6.61 Å². The van der Waals surface area contributed by atoms with E-state index in [4.69, 9.17) is 4.74 Å². The Labute approximate surface area is 139 Å². The summed E-state index contributed by atoms with van der Waals surface area (Å²) in [6, 6.07) is 18.2. The van der Waals surface area contributed by atoms with Gasteiger partial charge in [0.1, 0.15) is 6.10 Å². The largest absolute Gasteiger partial charge is 0.478 e. The van der Waals surface area contributed by atoms with Crippen LogP contribution >= 0.6 is 0 Å². The van der Waals surface area contributed by atoms with E-state index in [9.17, 15) is 19.8 Å². The van der Waals surface area contributed by atoms with E-state index in [1.165, 1.54) is 0 Å². The van der Waals surface area contributed by atoms with Gasteiger partial charge in [-0.15, -0.1) is 0 Å². The molecule has 0 aliphatic carbocycles. The molecular formula is C18H19NO5. The molecule has 0 aliphatic heterocycles. The Kier molecular flexibility index (Phi) is 6.06. The van der Waals surface area contributed by atoms with Gasteiger partial charge in [-0.3, -0.25) is 4.79 Å². The van der Waals surface area contributed by atoms with Crippen molar-refractivity contribution in [1.82, 2.24) is 5.32 Å². The van der Waals surface area contributed by atoms with Crippen LogP contribution in [0.15, 0.2) is 60.7 Å². The van der Waals surface area contributed by atoms with E-state index in [0.717, 1.165) is 11.1 Å². The van der Waals surface area contributed by atoms with E-state index in [2.05, 4.69) is 0 Å². The number of aliphatic hydroxyl groups is 1. The smallest absolute Gasteiger partial charge is 0.360 e. The zero-order valence-corrected chi connectivity index (χ0v) is 13.0. The van der Waals surface area contributed by atoms with Crippen molar-refractivity contribution in [2.75, 3.05) is 0 Å². The summed E-state index contributed by atoms with van der Waals surface area (Å²) in [5.74, 6) is -1.58. The Hall–Kier alpha value is -2.70. The predicted molar refractivity (Wildman–Crippen MR) is 87.0 cm³/mol. The third-order valence-corrected chi connectivity index (χ3v) is 3.63. The average Bonchev–Trinajstić information content (AvgIpc) is 2.60. The van der Waals surface area contributed by atoms with Gasteiger partial charge >= 0.3 is 5.97 Å². The van der Waals surface area contributed by atoms with E-state index in [1.54, 1.807) is 24.3 Å². The first-order chi connectivity index (χ1) is 11.6. The maximum Gasteiger partial charge on any atom is 0.360 e. The van der Waals surface area contributed by atoms with Crippen molar-refractivity contribution in [3.8, 4) is 0 Å². The van der Waals surface area contributed by atoms with Gasteiger partial charge < -0.3 is 20.3 Å². The van der Waals surface area contributed by atoms with E-state index in [-0.39, 0.29) is 19.4 Å². The molecule has 0 radical (unpaired) electrons. The third-order valence-electron chi connectivity index (χ3n) is 3.63. The Morgan fingerprint density at radius 1 is 1.08 bits per heavy atom. The zero-order valence-electron chi connectivity index (χ0n) is 13.0. The highest BCUT2D eigenvalue weighted by Gasteiger charge is 2.45. The number of hydrogen-bond acceptors (Lipinski definition) is 4. The van der Waals surface area contributed by atoms with Gasteiger partial charge in [-0.1, -0.05) is 60.7 Å². The van der Waals surface area contributed by atoms with E-state index < -0.39 is 17.8 Å². The van der Waals surface area contributed by atoms with Crippen molar-refractivity contribution >= 4 is 12.4 Å². The second-order valence-corrected chi connectivity index (χ2v) is 5.31. The van der Waals surface area contributed by atoms with Crippen LogP contribution < -0.4 is 5.32 Å². The minimum atomic E-state index is -2.52. The molecule has 0 aliphatic rings. The van der Waals surface area contributed by atoms with Crippen molar-refractivity contribution in [1.29, 1.82) is 0 Å². The van der Waals surface area contributed by atoms with E-state index in [0.29, 0.717) is 0 Å². The third kappa shape index (κ3) is 4.41. The maximum atomic E-state index is 11.5. The number of carboxylic acid groups (broad SMARTS) is 1. The lowest BCUT2D eigenvalue weighted by Crippen LogP contribution is -2.61. The van der Waals surface area contributed by atoms with E-state index in [1.807, 2.05) is 41.7 Å². The van der Waals surface area contributed by atoms with Gasteiger partial charge in [0, 0.05) is 6.42 Å². The summed E-state index contributed by atoms with van der Waals surface area (Å²) >= 11 is 0. The van der Waals surface area contributed by atoms with Crippen molar-refractivity contribution < 1.29 is 24.5 Å². The first-order valence-corrected chi connectivity index (χ1v) is 7.43. The summed E-state index contributed by atoms with van der Waals surface area (Å²) in [6.45, 7) is 0.106. The lowest BCUT2D eigenvalue weighted by atomic mass is 9.98. The monoisotopic (exact) mass is 329 g/mol. The summed E-state index contributed by atoms with van der Waals surface area (Å²) in [7, 11) is 0. The molecule has 2 aromatic rings. The lowest BCUT2D eigenvalue weighted by Gasteiger charge is -2.31. The SMILES string of the molecule is O=CNC(O)(C(=O)O)C(Cc1ccccc1)OCc1ccccc1. The fourth-order valence-electron chi connectivity index (χ4n) is 2.31. The molecule has 3 N–H and O–H groups in total. The second kappa shape index (κ2) is 8.24. The van der Waals surface area contributed by atoms with Gasteiger partial charge in [0.15, 0.2) is 0 Å². The fourth-order valence-corrected chi connectivity index (χ4v) is 2.31. The summed E-state index contributed by atoms with van der Waals surface area (Å²) in [6.07, 6.45) is -0.891. The first kappa shape index (κ1) is 17.7. The molecule has 1 amide bonds. The minimum Gasteiger partial charge on any atom is -0.478 e. The molecule has 6 nitrogen and oxygen atoms in total. The summed E-state index contributed by atoms with van der Waals surface area (Å²) in [5, 5.41) is 21.7. The molecule has 126 valence electrons. The number of hydrogen-bond donors (Lipinski definition) is 3. The minimum absolute atomic E-state index is 0.106. The second-order valence-electron chi connectivity index (χ2n) is 5.31. The number of aliphatic carboxylic acids is 1. The molecule has 0 saturated carbocycles. The van der Waals surface area contributed by atoms with Crippen molar-refractivity contribution in [3.63, 3.8) is 0 Å². The van der Waals surface area contributed by atoms with Crippen LogP contribution in [0.4, 0.5) is 0 Å². The number of amides is 1. The highest BCUT2D eigenvalue weighted by molar-refractivity contribution is 5.80. The number of benzene rings is 2. The Morgan fingerprint density at radius 3 is 2.12 bits per heavy atom. The lowest BCUT2D eigenvalue weighted by molar-refractivity contribution is -0.186. The summed E-state index contributed by atoms with van der Waals surface area (Å²) in [5.41, 5.74) is -0.913. The summed E-state index contributed by atoms with van der Waals surface area (Å²) in [4.78, 5) is 22.3. The average molecular weight is 329 g/mol. The number of carboxylic acids is 1. The molecule has 2 unspecified atom stereocenters. The molecule has 0 bridgehead atoms. The molecule has 2 aromatic carbocycles. The van der Waals surface area contributed by atoms with Crippen LogP contribution in [0.3, 0.4) is 0 Å². The highest BCUT2D eigenvalue weighted by atomic mass is 16.5.